The second-order valence-electron chi connectivity index (χ2n) is 7.25. The van der Waals surface area contributed by atoms with Crippen molar-refractivity contribution in [2.75, 3.05) is 38.1 Å². The third kappa shape index (κ3) is 5.88. The highest BCUT2D eigenvalue weighted by Crippen LogP contribution is 2.38. The average molecular weight is 494 g/mol. The van der Waals surface area contributed by atoms with Crippen LogP contribution in [-0.2, 0) is 0 Å². The number of thiocarbonyl (C=S) groups is 1. The van der Waals surface area contributed by atoms with Gasteiger partial charge in [-0.25, -0.2) is 0 Å². The van der Waals surface area contributed by atoms with E-state index >= 15 is 0 Å². The first-order valence-electron chi connectivity index (χ1n) is 10.8. The van der Waals surface area contributed by atoms with Gasteiger partial charge in [-0.2, -0.15) is 0 Å². The number of anilines is 2. The highest BCUT2D eigenvalue weighted by molar-refractivity contribution is 7.80. The zero-order valence-corrected chi connectivity index (χ0v) is 20.8. The van der Waals surface area contributed by atoms with Gasteiger partial charge in [0.1, 0.15) is 0 Å². The third-order valence-corrected chi connectivity index (χ3v) is 5.39. The van der Waals surface area contributed by atoms with Gasteiger partial charge in [0.05, 0.1) is 32.6 Å². The maximum atomic E-state index is 13.3. The van der Waals surface area contributed by atoms with Gasteiger partial charge in [-0.05, 0) is 55.5 Å². The van der Waals surface area contributed by atoms with Crippen molar-refractivity contribution in [1.29, 1.82) is 0 Å². The molecule has 0 unspecified atom stereocenters. The fraction of sp³-hybridized carbons (Fsp3) is 0.192. The van der Waals surface area contributed by atoms with Gasteiger partial charge in [-0.3, -0.25) is 14.9 Å². The first kappa shape index (κ1) is 25.5. The standard InChI is InChI=1S/C26H27N3O5S/c1-5-29(18-11-7-6-8-12-18)25(31)19-13-9-10-14-20(19)27-26(35)28-24(30)17-15-21(32-2)23(34-4)22(16-17)33-3/h6-16H,5H2,1-4H3,(H2,27,28,30,35). The number of benzene rings is 3. The quantitative estimate of drug-likeness (QED) is 0.447. The molecule has 3 aromatic carbocycles. The number of para-hydroxylation sites is 2. The lowest BCUT2D eigenvalue weighted by Gasteiger charge is -2.23. The molecule has 2 N–H and O–H groups in total. The molecule has 3 rings (SSSR count). The molecule has 0 heterocycles. The Morgan fingerprint density at radius 3 is 2.06 bits per heavy atom. The van der Waals surface area contributed by atoms with E-state index in [1.54, 1.807) is 29.2 Å². The van der Waals surface area contributed by atoms with Crippen LogP contribution in [0.5, 0.6) is 17.2 Å². The van der Waals surface area contributed by atoms with E-state index in [1.165, 1.54) is 33.5 Å². The summed E-state index contributed by atoms with van der Waals surface area (Å²) >= 11 is 5.36. The van der Waals surface area contributed by atoms with Crippen molar-refractivity contribution in [1.82, 2.24) is 5.32 Å². The molecule has 0 saturated heterocycles. The Morgan fingerprint density at radius 1 is 0.886 bits per heavy atom. The van der Waals surface area contributed by atoms with Gasteiger partial charge < -0.3 is 24.4 Å². The van der Waals surface area contributed by atoms with Crippen LogP contribution in [0.4, 0.5) is 11.4 Å². The molecule has 0 aliphatic rings. The predicted octanol–water partition coefficient (Wildman–Crippen LogP) is 4.51. The number of methoxy groups -OCH3 is 3. The van der Waals surface area contributed by atoms with E-state index < -0.39 is 5.91 Å². The van der Waals surface area contributed by atoms with Crippen LogP contribution >= 0.6 is 12.2 Å². The zero-order chi connectivity index (χ0) is 25.4. The summed E-state index contributed by atoms with van der Waals surface area (Å²) in [6.07, 6.45) is 0. The minimum Gasteiger partial charge on any atom is -0.493 e. The van der Waals surface area contributed by atoms with Gasteiger partial charge in [0, 0.05) is 17.8 Å². The summed E-state index contributed by atoms with van der Waals surface area (Å²) in [5.41, 5.74) is 1.94. The maximum Gasteiger partial charge on any atom is 0.260 e. The van der Waals surface area contributed by atoms with Gasteiger partial charge in [0.15, 0.2) is 16.6 Å². The van der Waals surface area contributed by atoms with E-state index in [4.69, 9.17) is 26.4 Å². The third-order valence-electron chi connectivity index (χ3n) is 5.19. The molecule has 0 aliphatic carbocycles. The van der Waals surface area contributed by atoms with Crippen molar-refractivity contribution in [3.63, 3.8) is 0 Å². The molecular formula is C26H27N3O5S. The van der Waals surface area contributed by atoms with E-state index in [0.29, 0.717) is 35.0 Å². The minimum absolute atomic E-state index is 0.0340. The topological polar surface area (TPSA) is 89.1 Å². The fourth-order valence-electron chi connectivity index (χ4n) is 3.52. The van der Waals surface area contributed by atoms with Gasteiger partial charge in [0.25, 0.3) is 11.8 Å². The van der Waals surface area contributed by atoms with Crippen LogP contribution in [0, 0.1) is 0 Å². The highest BCUT2D eigenvalue weighted by Gasteiger charge is 2.21. The lowest BCUT2D eigenvalue weighted by Crippen LogP contribution is -2.35. The molecule has 0 spiro atoms. The molecular weight excluding hydrogens is 466 g/mol. The number of nitrogens with zero attached hydrogens (tertiary/aromatic N) is 1. The number of hydrogen-bond donors (Lipinski definition) is 2. The monoisotopic (exact) mass is 493 g/mol. The zero-order valence-electron chi connectivity index (χ0n) is 20.0. The summed E-state index contributed by atoms with van der Waals surface area (Å²) in [6.45, 7) is 2.39. The second kappa shape index (κ2) is 11.8. The molecule has 0 atom stereocenters. The Hall–Kier alpha value is -4.11. The lowest BCUT2D eigenvalue weighted by atomic mass is 10.1. The summed E-state index contributed by atoms with van der Waals surface area (Å²) in [5.74, 6) is 0.379. The molecule has 3 aromatic rings. The van der Waals surface area contributed by atoms with Crippen molar-refractivity contribution in [3.8, 4) is 17.2 Å². The molecule has 35 heavy (non-hydrogen) atoms. The first-order valence-corrected chi connectivity index (χ1v) is 11.2. The van der Waals surface area contributed by atoms with Crippen molar-refractivity contribution >= 4 is 40.5 Å². The van der Waals surface area contributed by atoms with Crippen molar-refractivity contribution in [2.24, 2.45) is 0 Å². The number of amides is 2. The summed E-state index contributed by atoms with van der Waals surface area (Å²) in [5, 5.41) is 5.63. The van der Waals surface area contributed by atoms with Crippen LogP contribution in [0.15, 0.2) is 66.7 Å². The van der Waals surface area contributed by atoms with E-state index in [2.05, 4.69) is 10.6 Å². The van der Waals surface area contributed by atoms with Crippen molar-refractivity contribution in [2.45, 2.75) is 6.92 Å². The minimum atomic E-state index is -0.481. The molecule has 0 bridgehead atoms. The number of carbonyl (C=O) groups is 2. The summed E-state index contributed by atoms with van der Waals surface area (Å²) in [7, 11) is 4.41. The van der Waals surface area contributed by atoms with Crippen molar-refractivity contribution in [3.05, 3.63) is 77.9 Å². The average Bonchev–Trinajstić information content (AvgIpc) is 2.88. The normalized spacial score (nSPS) is 10.2. The molecule has 9 heteroatoms. The molecule has 0 radical (unpaired) electrons. The van der Waals surface area contributed by atoms with Gasteiger partial charge >= 0.3 is 0 Å². The largest absolute Gasteiger partial charge is 0.493 e. The Labute approximate surface area is 209 Å². The van der Waals surface area contributed by atoms with Gasteiger partial charge in [0.2, 0.25) is 5.75 Å². The molecule has 8 nitrogen and oxygen atoms in total. The molecule has 0 aliphatic heterocycles. The lowest BCUT2D eigenvalue weighted by molar-refractivity contribution is 0.0973. The van der Waals surface area contributed by atoms with E-state index in [0.717, 1.165) is 5.69 Å². The fourth-order valence-corrected chi connectivity index (χ4v) is 3.72. The number of nitrogens with one attached hydrogen (secondary N) is 2. The SMILES string of the molecule is CCN(C(=O)c1ccccc1NC(=S)NC(=O)c1cc(OC)c(OC)c(OC)c1)c1ccccc1. The molecule has 2 amide bonds. The summed E-state index contributed by atoms with van der Waals surface area (Å²) in [6, 6.07) is 19.4. The van der Waals surface area contributed by atoms with Crippen LogP contribution in [0.25, 0.3) is 0 Å². The highest BCUT2D eigenvalue weighted by atomic mass is 32.1. The van der Waals surface area contributed by atoms with Crippen LogP contribution in [0.3, 0.4) is 0 Å². The van der Waals surface area contributed by atoms with E-state index in [1.807, 2.05) is 37.3 Å². The molecule has 0 aromatic heterocycles. The first-order chi connectivity index (χ1) is 16.9. The molecule has 0 fully saturated rings. The smallest absolute Gasteiger partial charge is 0.260 e. The van der Waals surface area contributed by atoms with Gasteiger partial charge in [-0.1, -0.05) is 30.3 Å². The van der Waals surface area contributed by atoms with Crippen molar-refractivity contribution < 1.29 is 23.8 Å². The summed E-state index contributed by atoms with van der Waals surface area (Å²) < 4.78 is 15.9. The van der Waals surface area contributed by atoms with E-state index in [-0.39, 0.29) is 16.6 Å². The molecule has 0 saturated carbocycles. The Balaban J connectivity index is 1.79. The number of rotatable bonds is 8. The Kier molecular flexibility index (Phi) is 8.63. The van der Waals surface area contributed by atoms with Crippen LogP contribution in [-0.4, -0.2) is 44.8 Å². The maximum absolute atomic E-state index is 13.3. The van der Waals surface area contributed by atoms with E-state index in [9.17, 15) is 9.59 Å². The Morgan fingerprint density at radius 2 is 1.49 bits per heavy atom. The number of ether oxygens (including phenoxy) is 3. The second-order valence-corrected chi connectivity index (χ2v) is 7.66. The number of carbonyl (C=O) groups excluding carboxylic acids is 2. The number of hydrogen-bond acceptors (Lipinski definition) is 6. The summed E-state index contributed by atoms with van der Waals surface area (Å²) in [4.78, 5) is 27.9. The molecule has 182 valence electrons. The van der Waals surface area contributed by atoms with Crippen LogP contribution in [0.2, 0.25) is 0 Å². The predicted molar refractivity (Wildman–Crippen MR) is 140 cm³/mol. The van der Waals surface area contributed by atoms with Crippen LogP contribution < -0.4 is 29.7 Å². The Bertz CT molecular complexity index is 1190. The van der Waals surface area contributed by atoms with Crippen LogP contribution in [0.1, 0.15) is 27.6 Å². The van der Waals surface area contributed by atoms with Gasteiger partial charge in [-0.15, -0.1) is 0 Å².